The Balaban J connectivity index is 1.70. The molecule has 0 atom stereocenters. The number of rotatable bonds is 2. The molecule has 0 aliphatic heterocycles. The van der Waals surface area contributed by atoms with Gasteiger partial charge in [0.1, 0.15) is 5.52 Å². The number of hydrogen-bond acceptors (Lipinski definition) is 3. The van der Waals surface area contributed by atoms with Crippen LogP contribution in [0.15, 0.2) is 18.2 Å². The summed E-state index contributed by atoms with van der Waals surface area (Å²) in [6.45, 7) is 0. The van der Waals surface area contributed by atoms with Crippen LogP contribution in [0.3, 0.4) is 0 Å². The van der Waals surface area contributed by atoms with Crippen LogP contribution in [0.2, 0.25) is 5.02 Å². The van der Waals surface area contributed by atoms with Crippen molar-refractivity contribution in [3.05, 3.63) is 23.2 Å². The zero-order valence-electron chi connectivity index (χ0n) is 10.3. The van der Waals surface area contributed by atoms with Crippen molar-refractivity contribution in [3.63, 3.8) is 0 Å². The second-order valence-corrected chi connectivity index (χ2v) is 6.53. The quantitative estimate of drug-likeness (QED) is 0.816. The molecule has 0 spiro atoms. The summed E-state index contributed by atoms with van der Waals surface area (Å²) in [6, 6.07) is 6.31. The van der Waals surface area contributed by atoms with Gasteiger partial charge in [-0.15, -0.1) is 0 Å². The maximum Gasteiger partial charge on any atom is 0.190 e. The van der Waals surface area contributed by atoms with Gasteiger partial charge in [0.2, 0.25) is 0 Å². The Morgan fingerprint density at radius 2 is 2.16 bits per heavy atom. The first-order valence-corrected chi connectivity index (χ1v) is 7.95. The van der Waals surface area contributed by atoms with Crippen LogP contribution in [0.4, 0.5) is 5.13 Å². The average Bonchev–Trinajstić information content (AvgIpc) is 2.98. The third-order valence-electron chi connectivity index (χ3n) is 3.28. The van der Waals surface area contributed by atoms with Crippen LogP contribution in [0.1, 0.15) is 25.7 Å². The zero-order valence-corrected chi connectivity index (χ0v) is 12.7. The Kier molecular flexibility index (Phi) is 3.86. The van der Waals surface area contributed by atoms with E-state index in [-0.39, 0.29) is 0 Å². The van der Waals surface area contributed by atoms with Gasteiger partial charge in [-0.2, -0.15) is 0 Å². The number of aromatic nitrogens is 1. The predicted molar refractivity (Wildman–Crippen MR) is 86.2 cm³/mol. The van der Waals surface area contributed by atoms with E-state index in [1.165, 1.54) is 25.7 Å². The van der Waals surface area contributed by atoms with Gasteiger partial charge in [0, 0.05) is 6.04 Å². The maximum absolute atomic E-state index is 6.11. The summed E-state index contributed by atoms with van der Waals surface area (Å²) in [7, 11) is 0. The van der Waals surface area contributed by atoms with Crippen LogP contribution >= 0.6 is 35.2 Å². The molecule has 0 radical (unpaired) electrons. The van der Waals surface area contributed by atoms with Gasteiger partial charge in [0.15, 0.2) is 10.2 Å². The lowest BCUT2D eigenvalue weighted by Crippen LogP contribution is -2.35. The average molecular weight is 312 g/mol. The third-order valence-corrected chi connectivity index (χ3v) is 4.74. The van der Waals surface area contributed by atoms with E-state index in [9.17, 15) is 0 Å². The summed E-state index contributed by atoms with van der Waals surface area (Å²) in [5, 5.41) is 8.62. The zero-order chi connectivity index (χ0) is 13.2. The molecular formula is C13H14ClN3S2. The van der Waals surface area contributed by atoms with E-state index in [0.717, 1.165) is 15.3 Å². The van der Waals surface area contributed by atoms with E-state index >= 15 is 0 Å². The summed E-state index contributed by atoms with van der Waals surface area (Å²) in [6.07, 6.45) is 4.98. The van der Waals surface area contributed by atoms with E-state index in [0.29, 0.717) is 16.2 Å². The number of anilines is 1. The molecule has 2 N–H and O–H groups in total. The van der Waals surface area contributed by atoms with E-state index in [1.807, 2.05) is 18.2 Å². The van der Waals surface area contributed by atoms with Crippen molar-refractivity contribution in [2.45, 2.75) is 31.7 Å². The van der Waals surface area contributed by atoms with Crippen LogP contribution in [-0.4, -0.2) is 16.1 Å². The second kappa shape index (κ2) is 5.61. The van der Waals surface area contributed by atoms with Crippen molar-refractivity contribution in [1.29, 1.82) is 0 Å². The minimum atomic E-state index is 0.512. The smallest absolute Gasteiger partial charge is 0.190 e. The lowest BCUT2D eigenvalue weighted by atomic mass is 10.3. The van der Waals surface area contributed by atoms with E-state index in [4.69, 9.17) is 23.8 Å². The van der Waals surface area contributed by atoms with Crippen LogP contribution in [-0.2, 0) is 0 Å². The second-order valence-electron chi connectivity index (χ2n) is 4.69. The number of fused-ring (bicyclic) bond motifs is 1. The Morgan fingerprint density at radius 3 is 2.89 bits per heavy atom. The summed E-state index contributed by atoms with van der Waals surface area (Å²) in [4.78, 5) is 4.47. The van der Waals surface area contributed by atoms with Gasteiger partial charge < -0.3 is 10.6 Å². The Morgan fingerprint density at radius 1 is 1.37 bits per heavy atom. The number of para-hydroxylation sites is 1. The highest BCUT2D eigenvalue weighted by Crippen LogP contribution is 2.30. The number of thiazole rings is 1. The molecule has 1 aliphatic carbocycles. The molecule has 1 aromatic carbocycles. The molecule has 1 aromatic heterocycles. The predicted octanol–water partition coefficient (Wildman–Crippen LogP) is 4.18. The van der Waals surface area contributed by atoms with Gasteiger partial charge in [-0.25, -0.2) is 4.98 Å². The normalized spacial score (nSPS) is 15.8. The summed E-state index contributed by atoms with van der Waals surface area (Å²) in [5.41, 5.74) is 0.834. The topological polar surface area (TPSA) is 37.0 Å². The molecule has 1 heterocycles. The first-order chi connectivity index (χ1) is 9.22. The third kappa shape index (κ3) is 2.99. The van der Waals surface area contributed by atoms with Crippen LogP contribution in [0, 0.1) is 0 Å². The van der Waals surface area contributed by atoms with Crippen molar-refractivity contribution < 1.29 is 0 Å². The highest BCUT2D eigenvalue weighted by molar-refractivity contribution is 7.80. The number of nitrogens with one attached hydrogen (secondary N) is 2. The monoisotopic (exact) mass is 311 g/mol. The largest absolute Gasteiger partial charge is 0.360 e. The molecule has 3 rings (SSSR count). The summed E-state index contributed by atoms with van der Waals surface area (Å²) in [5.74, 6) is 0. The first kappa shape index (κ1) is 13.1. The fourth-order valence-electron chi connectivity index (χ4n) is 2.36. The molecule has 3 nitrogen and oxygen atoms in total. The lowest BCUT2D eigenvalue weighted by molar-refractivity contribution is 0.634. The molecule has 0 bridgehead atoms. The van der Waals surface area contributed by atoms with Gasteiger partial charge in [0.05, 0.1) is 9.72 Å². The Labute approximate surface area is 126 Å². The molecular weight excluding hydrogens is 298 g/mol. The Hall–Kier alpha value is -0.910. The SMILES string of the molecule is S=C(Nc1nc2c(Cl)cccc2s1)NC1CCCC1. The van der Waals surface area contributed by atoms with Gasteiger partial charge in [-0.05, 0) is 37.2 Å². The van der Waals surface area contributed by atoms with Crippen LogP contribution < -0.4 is 10.6 Å². The highest BCUT2D eigenvalue weighted by Gasteiger charge is 2.16. The summed E-state index contributed by atoms with van der Waals surface area (Å²) < 4.78 is 1.07. The van der Waals surface area contributed by atoms with Crippen molar-refractivity contribution in [3.8, 4) is 0 Å². The van der Waals surface area contributed by atoms with Crippen molar-refractivity contribution >= 4 is 55.6 Å². The standard InChI is InChI=1S/C13H14ClN3S2/c14-9-6-3-7-10-11(9)16-13(19-10)17-12(18)15-8-4-1-2-5-8/h3,6-8H,1-2,4-5H2,(H2,15,16,17,18). The van der Waals surface area contributed by atoms with Crippen LogP contribution in [0.25, 0.3) is 10.2 Å². The Bertz CT molecular complexity index is 605. The minimum Gasteiger partial charge on any atom is -0.360 e. The molecule has 0 saturated heterocycles. The molecule has 19 heavy (non-hydrogen) atoms. The van der Waals surface area contributed by atoms with E-state index in [2.05, 4.69) is 15.6 Å². The van der Waals surface area contributed by atoms with Crippen molar-refractivity contribution in [2.24, 2.45) is 0 Å². The summed E-state index contributed by atoms with van der Waals surface area (Å²) >= 11 is 13.0. The fourth-order valence-corrected chi connectivity index (χ4v) is 3.86. The number of halogens is 1. The molecule has 1 fully saturated rings. The van der Waals surface area contributed by atoms with Gasteiger partial charge >= 0.3 is 0 Å². The van der Waals surface area contributed by atoms with Crippen molar-refractivity contribution in [2.75, 3.05) is 5.32 Å². The van der Waals surface area contributed by atoms with E-state index < -0.39 is 0 Å². The minimum absolute atomic E-state index is 0.512. The fraction of sp³-hybridized carbons (Fsp3) is 0.385. The number of nitrogens with zero attached hydrogens (tertiary/aromatic N) is 1. The number of thiocarbonyl (C=S) groups is 1. The molecule has 1 saturated carbocycles. The highest BCUT2D eigenvalue weighted by atomic mass is 35.5. The molecule has 0 amide bonds. The lowest BCUT2D eigenvalue weighted by Gasteiger charge is -2.14. The van der Waals surface area contributed by atoms with Crippen LogP contribution in [0.5, 0.6) is 0 Å². The molecule has 1 aliphatic rings. The number of hydrogen-bond donors (Lipinski definition) is 2. The molecule has 0 unspecified atom stereocenters. The first-order valence-electron chi connectivity index (χ1n) is 6.35. The van der Waals surface area contributed by atoms with Gasteiger partial charge in [-0.1, -0.05) is 41.8 Å². The molecule has 2 aromatic rings. The van der Waals surface area contributed by atoms with Crippen molar-refractivity contribution in [1.82, 2.24) is 10.3 Å². The van der Waals surface area contributed by atoms with Gasteiger partial charge in [-0.3, -0.25) is 0 Å². The molecule has 100 valence electrons. The van der Waals surface area contributed by atoms with E-state index in [1.54, 1.807) is 11.3 Å². The maximum atomic E-state index is 6.11. The van der Waals surface area contributed by atoms with Gasteiger partial charge in [0.25, 0.3) is 0 Å². The number of benzene rings is 1. The molecule has 6 heteroatoms.